The van der Waals surface area contributed by atoms with Crippen molar-refractivity contribution in [3.8, 4) is 0 Å². The van der Waals surface area contributed by atoms with E-state index < -0.39 is 0 Å². The molecule has 0 amide bonds. The van der Waals surface area contributed by atoms with Gasteiger partial charge in [-0.25, -0.2) is 0 Å². The maximum Gasteiger partial charge on any atom is 0.0509 e. The van der Waals surface area contributed by atoms with Crippen LogP contribution in [-0.4, -0.2) is 13.2 Å². The fourth-order valence-corrected chi connectivity index (χ4v) is 2.34. The van der Waals surface area contributed by atoms with Gasteiger partial charge in [0, 0.05) is 17.8 Å². The largest absolute Gasteiger partial charge is 0.381 e. The lowest BCUT2D eigenvalue weighted by Crippen LogP contribution is -2.06. The summed E-state index contributed by atoms with van der Waals surface area (Å²) in [5.74, 6) is 0.750. The number of rotatable bonds is 1. The van der Waals surface area contributed by atoms with Crippen LogP contribution >= 0.6 is 11.8 Å². The summed E-state index contributed by atoms with van der Waals surface area (Å²) in [6, 6.07) is 0. The van der Waals surface area contributed by atoms with Crippen molar-refractivity contribution in [1.29, 1.82) is 0 Å². The monoisotopic (exact) mass is 155 g/mol. The second kappa shape index (κ2) is 2.97. The molecule has 1 unspecified atom stereocenters. The van der Waals surface area contributed by atoms with Crippen LogP contribution in [0, 0.1) is 11.2 Å². The minimum atomic E-state index is 0.750. The first kappa shape index (κ1) is 6.74. The maximum absolute atomic E-state index is 5.31. The minimum Gasteiger partial charge on any atom is -0.381 e. The Morgan fingerprint density at radius 1 is 1.60 bits per heavy atom. The lowest BCUT2D eigenvalue weighted by atomic mass is 10.0. The number of ether oxygens (including phenoxy) is 1. The Kier molecular flexibility index (Phi) is 2.00. The van der Waals surface area contributed by atoms with Gasteiger partial charge in [0.05, 0.1) is 6.61 Å². The van der Waals surface area contributed by atoms with E-state index in [1.54, 1.807) is 5.25 Å². The molecule has 0 aromatic rings. The quantitative estimate of drug-likeness (QED) is 0.574. The summed E-state index contributed by atoms with van der Waals surface area (Å²) in [5.41, 5.74) is 0. The van der Waals surface area contributed by atoms with Gasteiger partial charge in [0.15, 0.2) is 0 Å². The van der Waals surface area contributed by atoms with Crippen LogP contribution in [0.2, 0.25) is 0 Å². The lowest BCUT2D eigenvalue weighted by molar-refractivity contribution is 0.189. The van der Waals surface area contributed by atoms with Gasteiger partial charge in [0.1, 0.15) is 0 Å². The summed E-state index contributed by atoms with van der Waals surface area (Å²) in [6.45, 7) is 1.93. The third-order valence-corrected chi connectivity index (χ3v) is 3.15. The Hall–Kier alpha value is 0.0500. The molecule has 2 heterocycles. The van der Waals surface area contributed by atoms with E-state index in [9.17, 15) is 0 Å². The zero-order valence-electron chi connectivity index (χ0n) is 5.88. The highest BCUT2D eigenvalue weighted by Gasteiger charge is 2.27. The zero-order valence-corrected chi connectivity index (χ0v) is 6.69. The normalized spacial score (nSPS) is 33.8. The van der Waals surface area contributed by atoms with Crippen molar-refractivity contribution < 1.29 is 4.74 Å². The first-order valence-corrected chi connectivity index (χ1v) is 4.60. The molecule has 0 saturated carbocycles. The molecule has 2 aliphatic heterocycles. The summed E-state index contributed by atoms with van der Waals surface area (Å²) in [7, 11) is 0. The summed E-state index contributed by atoms with van der Waals surface area (Å²) >= 11 is 1.90. The van der Waals surface area contributed by atoms with Crippen LogP contribution in [0.3, 0.4) is 0 Å². The smallest absolute Gasteiger partial charge is 0.0509 e. The van der Waals surface area contributed by atoms with Crippen molar-refractivity contribution in [1.82, 2.24) is 0 Å². The highest BCUT2D eigenvalue weighted by molar-refractivity contribution is 8.05. The van der Waals surface area contributed by atoms with Crippen molar-refractivity contribution in [2.45, 2.75) is 12.8 Å². The van der Waals surface area contributed by atoms with Crippen LogP contribution in [-0.2, 0) is 4.74 Å². The lowest BCUT2D eigenvalue weighted by Gasteiger charge is -2.12. The molecule has 1 fully saturated rings. The van der Waals surface area contributed by atoms with Crippen LogP contribution in [0.5, 0.6) is 0 Å². The molecule has 2 heteroatoms. The van der Waals surface area contributed by atoms with E-state index in [0.717, 1.165) is 19.1 Å². The Morgan fingerprint density at radius 2 is 2.60 bits per heavy atom. The van der Waals surface area contributed by atoms with Crippen LogP contribution in [0.1, 0.15) is 12.8 Å². The fourth-order valence-electron chi connectivity index (χ4n) is 1.40. The molecule has 2 aliphatic rings. The third kappa shape index (κ3) is 1.23. The molecule has 55 valence electrons. The summed E-state index contributed by atoms with van der Waals surface area (Å²) in [5, 5.41) is 3.80. The molecule has 1 saturated heterocycles. The highest BCUT2D eigenvalue weighted by atomic mass is 32.2. The Labute approximate surface area is 65.8 Å². The number of hydrogen-bond acceptors (Lipinski definition) is 2. The molecule has 1 radical (unpaired) electrons. The molecule has 0 spiro atoms. The first-order valence-electron chi connectivity index (χ1n) is 3.72. The summed E-state index contributed by atoms with van der Waals surface area (Å²) < 4.78 is 5.31. The second-order valence-corrected chi connectivity index (χ2v) is 3.75. The van der Waals surface area contributed by atoms with Gasteiger partial charge >= 0.3 is 0 Å². The van der Waals surface area contributed by atoms with Gasteiger partial charge < -0.3 is 4.74 Å². The molecule has 0 aromatic carbocycles. The van der Waals surface area contributed by atoms with E-state index in [2.05, 4.69) is 11.5 Å². The van der Waals surface area contributed by atoms with Crippen LogP contribution in [0.25, 0.3) is 0 Å². The van der Waals surface area contributed by atoms with Crippen molar-refractivity contribution in [3.63, 3.8) is 0 Å². The predicted octanol–water partition coefficient (Wildman–Crippen LogP) is 2.21. The number of allylic oxidation sites excluding steroid dienone is 1. The van der Waals surface area contributed by atoms with Crippen LogP contribution < -0.4 is 0 Å². The molecule has 1 nitrogen and oxygen atoms in total. The molecular weight excluding hydrogens is 144 g/mol. The minimum absolute atomic E-state index is 0.750. The van der Waals surface area contributed by atoms with Crippen LogP contribution in [0.4, 0.5) is 0 Å². The Morgan fingerprint density at radius 3 is 3.20 bits per heavy atom. The van der Waals surface area contributed by atoms with Gasteiger partial charge in [0.25, 0.3) is 0 Å². The SMILES string of the molecule is C1=CS[C](C2CCOC2)C1. The van der Waals surface area contributed by atoms with E-state index in [4.69, 9.17) is 4.74 Å². The standard InChI is InChI=1S/C8H11OS/c1-2-8(10-5-1)7-3-4-9-6-7/h1,5,7H,2-4,6H2. The van der Waals surface area contributed by atoms with Gasteiger partial charge in [-0.05, 0) is 18.2 Å². The number of thioether (sulfide) groups is 1. The van der Waals surface area contributed by atoms with E-state index in [1.165, 1.54) is 12.8 Å². The van der Waals surface area contributed by atoms with Crippen molar-refractivity contribution >= 4 is 11.8 Å². The zero-order chi connectivity index (χ0) is 6.81. The fraction of sp³-hybridized carbons (Fsp3) is 0.625. The molecule has 10 heavy (non-hydrogen) atoms. The molecule has 0 N–H and O–H groups in total. The van der Waals surface area contributed by atoms with E-state index in [-0.39, 0.29) is 0 Å². The third-order valence-electron chi connectivity index (χ3n) is 2.02. The van der Waals surface area contributed by atoms with Gasteiger partial charge in [-0.2, -0.15) is 0 Å². The van der Waals surface area contributed by atoms with Crippen molar-refractivity contribution in [3.05, 3.63) is 16.7 Å². The van der Waals surface area contributed by atoms with Crippen molar-refractivity contribution in [2.75, 3.05) is 13.2 Å². The topological polar surface area (TPSA) is 9.23 Å². The molecule has 1 atom stereocenters. The number of hydrogen-bond donors (Lipinski definition) is 0. The maximum atomic E-state index is 5.31. The van der Waals surface area contributed by atoms with Gasteiger partial charge in [-0.1, -0.05) is 6.08 Å². The van der Waals surface area contributed by atoms with E-state index in [1.807, 2.05) is 11.8 Å². The first-order chi connectivity index (χ1) is 4.97. The molecule has 0 aromatic heterocycles. The van der Waals surface area contributed by atoms with Gasteiger partial charge in [0.2, 0.25) is 0 Å². The Balaban J connectivity index is 1.87. The van der Waals surface area contributed by atoms with Crippen LogP contribution in [0.15, 0.2) is 11.5 Å². The average Bonchev–Trinajstić information content (AvgIpc) is 2.59. The summed E-state index contributed by atoms with van der Waals surface area (Å²) in [4.78, 5) is 0. The van der Waals surface area contributed by atoms with E-state index in [0.29, 0.717) is 0 Å². The molecule has 0 bridgehead atoms. The predicted molar refractivity (Wildman–Crippen MR) is 43.5 cm³/mol. The highest BCUT2D eigenvalue weighted by Crippen LogP contribution is 2.40. The molecular formula is C8H11OS. The second-order valence-electron chi connectivity index (χ2n) is 2.72. The van der Waals surface area contributed by atoms with E-state index >= 15 is 0 Å². The molecule has 2 rings (SSSR count). The average molecular weight is 155 g/mol. The Bertz CT molecular complexity index is 130. The van der Waals surface area contributed by atoms with Gasteiger partial charge in [-0.3, -0.25) is 0 Å². The van der Waals surface area contributed by atoms with Gasteiger partial charge in [-0.15, -0.1) is 11.8 Å². The molecule has 0 aliphatic carbocycles. The van der Waals surface area contributed by atoms with Crippen molar-refractivity contribution in [2.24, 2.45) is 5.92 Å². The summed E-state index contributed by atoms with van der Waals surface area (Å²) in [6.07, 6.45) is 4.65.